The van der Waals surface area contributed by atoms with Gasteiger partial charge in [0.05, 0.1) is 24.8 Å². The summed E-state index contributed by atoms with van der Waals surface area (Å²) in [5.41, 5.74) is 0.984. The molecular formula is C23H28FN5O3. The highest BCUT2D eigenvalue weighted by molar-refractivity contribution is 6.11. The third-order valence-corrected chi connectivity index (χ3v) is 4.63. The molecule has 3 aromatic rings. The average Bonchev–Trinajstić information content (AvgIpc) is 3.16. The Morgan fingerprint density at radius 2 is 2.03 bits per heavy atom. The summed E-state index contributed by atoms with van der Waals surface area (Å²) in [5.74, 6) is 0.632. The number of ether oxygens (including phenoxy) is 2. The molecule has 0 unspecified atom stereocenters. The number of methoxy groups -OCH3 is 1. The lowest BCUT2D eigenvalue weighted by Crippen LogP contribution is -2.37. The van der Waals surface area contributed by atoms with E-state index in [1.54, 1.807) is 37.4 Å². The highest BCUT2D eigenvalue weighted by atomic mass is 19.1. The number of nitrogens with zero attached hydrogens (tertiary/aromatic N) is 2. The summed E-state index contributed by atoms with van der Waals surface area (Å²) < 4.78 is 24.3. The van der Waals surface area contributed by atoms with Gasteiger partial charge in [0, 0.05) is 18.1 Å². The molecule has 1 aromatic heterocycles. The summed E-state index contributed by atoms with van der Waals surface area (Å²) in [5, 5.41) is 13.4. The van der Waals surface area contributed by atoms with Crippen molar-refractivity contribution >= 4 is 28.6 Å². The largest absolute Gasteiger partial charge is 0.494 e. The molecular weight excluding hydrogens is 413 g/mol. The van der Waals surface area contributed by atoms with Gasteiger partial charge in [-0.05, 0) is 55.8 Å². The Bertz CT molecular complexity index is 1070. The van der Waals surface area contributed by atoms with Crippen LogP contribution in [0.25, 0.3) is 10.9 Å². The molecule has 0 spiro atoms. The molecule has 1 amide bonds. The van der Waals surface area contributed by atoms with Crippen LogP contribution in [0.4, 0.5) is 10.2 Å². The highest BCUT2D eigenvalue weighted by Crippen LogP contribution is 2.21. The first kappa shape index (κ1) is 23.2. The topological polar surface area (TPSA) is 101 Å². The SMILES string of the molecule is CCCCOc1ccc(C(=O)NC(=N[C@@H](C)COC)Nc2n[nH]c3cc(F)ccc23)cc1. The summed E-state index contributed by atoms with van der Waals surface area (Å²) in [7, 11) is 1.58. The number of guanidine groups is 1. The standard InChI is InChI=1S/C23H28FN5O3/c1-4-5-12-32-18-9-6-16(7-10-18)22(30)27-23(25-15(2)14-31-3)26-21-19-11-8-17(24)13-20(19)28-29-21/h6-11,13,15H,4-5,12,14H2,1-3H3,(H3,25,26,27,28,29,30)/t15-/m0/s1. The van der Waals surface area contributed by atoms with E-state index in [9.17, 15) is 9.18 Å². The van der Waals surface area contributed by atoms with Crippen LogP contribution >= 0.6 is 0 Å². The Kier molecular flexibility index (Phi) is 8.15. The maximum atomic E-state index is 13.5. The molecule has 3 N–H and O–H groups in total. The van der Waals surface area contributed by atoms with Crippen molar-refractivity contribution in [2.24, 2.45) is 4.99 Å². The molecule has 0 aliphatic carbocycles. The first-order valence-electron chi connectivity index (χ1n) is 10.5. The van der Waals surface area contributed by atoms with E-state index < -0.39 is 0 Å². The Balaban J connectivity index is 1.76. The summed E-state index contributed by atoms with van der Waals surface area (Å²) in [6, 6.07) is 11.0. The third-order valence-electron chi connectivity index (χ3n) is 4.63. The number of amides is 1. The number of carbonyl (C=O) groups is 1. The molecule has 170 valence electrons. The number of aliphatic imine (C=N–C) groups is 1. The highest BCUT2D eigenvalue weighted by Gasteiger charge is 2.14. The van der Waals surface area contributed by atoms with Gasteiger partial charge in [-0.2, -0.15) is 5.10 Å². The van der Waals surface area contributed by atoms with Crippen LogP contribution in [0.2, 0.25) is 0 Å². The van der Waals surface area contributed by atoms with Crippen molar-refractivity contribution < 1.29 is 18.7 Å². The maximum Gasteiger partial charge on any atom is 0.257 e. The molecule has 2 aromatic carbocycles. The van der Waals surface area contributed by atoms with Crippen molar-refractivity contribution in [3.8, 4) is 5.75 Å². The van der Waals surface area contributed by atoms with Crippen LogP contribution in [-0.2, 0) is 4.74 Å². The lowest BCUT2D eigenvalue weighted by molar-refractivity contribution is 0.0976. The van der Waals surface area contributed by atoms with Gasteiger partial charge in [-0.15, -0.1) is 0 Å². The maximum absolute atomic E-state index is 13.5. The summed E-state index contributed by atoms with van der Waals surface area (Å²) in [6.07, 6.45) is 2.03. The van der Waals surface area contributed by atoms with Crippen LogP contribution < -0.4 is 15.4 Å². The number of benzene rings is 2. The molecule has 0 aliphatic heterocycles. The fourth-order valence-corrected chi connectivity index (χ4v) is 3.01. The van der Waals surface area contributed by atoms with E-state index in [0.29, 0.717) is 41.2 Å². The van der Waals surface area contributed by atoms with Crippen molar-refractivity contribution in [3.05, 3.63) is 53.8 Å². The number of unbranched alkanes of at least 4 members (excludes halogenated alkanes) is 1. The monoisotopic (exact) mass is 441 g/mol. The van der Waals surface area contributed by atoms with E-state index in [1.807, 2.05) is 6.92 Å². The van der Waals surface area contributed by atoms with Crippen LogP contribution in [-0.4, -0.2) is 48.4 Å². The molecule has 0 aliphatic rings. The van der Waals surface area contributed by atoms with Gasteiger partial charge < -0.3 is 14.8 Å². The Labute approximate surface area is 186 Å². The minimum atomic E-state index is -0.370. The van der Waals surface area contributed by atoms with Gasteiger partial charge >= 0.3 is 0 Å². The quantitative estimate of drug-likeness (QED) is 0.264. The summed E-state index contributed by atoms with van der Waals surface area (Å²) in [4.78, 5) is 17.3. The second-order valence-corrected chi connectivity index (χ2v) is 7.35. The predicted molar refractivity (Wildman–Crippen MR) is 123 cm³/mol. The van der Waals surface area contributed by atoms with Gasteiger partial charge in [-0.25, -0.2) is 9.38 Å². The van der Waals surface area contributed by atoms with E-state index >= 15 is 0 Å². The molecule has 9 heteroatoms. The predicted octanol–water partition coefficient (Wildman–Crippen LogP) is 4.11. The lowest BCUT2D eigenvalue weighted by Gasteiger charge is -2.13. The zero-order chi connectivity index (χ0) is 22.9. The molecule has 0 bridgehead atoms. The molecule has 0 saturated carbocycles. The zero-order valence-corrected chi connectivity index (χ0v) is 18.4. The van der Waals surface area contributed by atoms with Crippen LogP contribution in [0.1, 0.15) is 37.0 Å². The molecule has 3 rings (SSSR count). The second-order valence-electron chi connectivity index (χ2n) is 7.35. The number of aromatic amines is 1. The fraction of sp³-hybridized carbons (Fsp3) is 0.348. The van der Waals surface area contributed by atoms with E-state index in [0.717, 1.165) is 12.8 Å². The Morgan fingerprint density at radius 3 is 2.75 bits per heavy atom. The number of nitrogens with one attached hydrogen (secondary N) is 3. The minimum absolute atomic E-state index is 0.209. The summed E-state index contributed by atoms with van der Waals surface area (Å²) in [6.45, 7) is 4.97. The van der Waals surface area contributed by atoms with Crippen molar-refractivity contribution in [2.75, 3.05) is 25.6 Å². The first-order chi connectivity index (χ1) is 15.5. The number of anilines is 1. The Hall–Kier alpha value is -3.46. The smallest absolute Gasteiger partial charge is 0.257 e. The molecule has 32 heavy (non-hydrogen) atoms. The van der Waals surface area contributed by atoms with E-state index in [2.05, 4.69) is 32.7 Å². The van der Waals surface area contributed by atoms with Crippen LogP contribution in [0.5, 0.6) is 5.75 Å². The van der Waals surface area contributed by atoms with Crippen molar-refractivity contribution in [3.63, 3.8) is 0 Å². The molecule has 1 atom stereocenters. The lowest BCUT2D eigenvalue weighted by atomic mass is 10.2. The first-order valence-corrected chi connectivity index (χ1v) is 10.5. The minimum Gasteiger partial charge on any atom is -0.494 e. The second kappa shape index (κ2) is 11.2. The number of H-pyrrole nitrogens is 1. The van der Waals surface area contributed by atoms with Gasteiger partial charge in [0.25, 0.3) is 5.91 Å². The molecule has 0 radical (unpaired) electrons. The number of carbonyl (C=O) groups excluding carboxylic acids is 1. The molecule has 1 heterocycles. The number of hydrogen-bond donors (Lipinski definition) is 3. The number of halogens is 1. The number of fused-ring (bicyclic) bond motifs is 1. The van der Waals surface area contributed by atoms with E-state index in [1.165, 1.54) is 12.1 Å². The third kappa shape index (κ3) is 6.27. The molecule has 8 nitrogen and oxygen atoms in total. The van der Waals surface area contributed by atoms with Gasteiger partial charge in [0.2, 0.25) is 5.96 Å². The molecule has 0 saturated heterocycles. The molecule has 0 fully saturated rings. The van der Waals surface area contributed by atoms with Crippen LogP contribution in [0.3, 0.4) is 0 Å². The van der Waals surface area contributed by atoms with Crippen molar-refractivity contribution in [1.29, 1.82) is 0 Å². The van der Waals surface area contributed by atoms with Gasteiger partial charge in [0.1, 0.15) is 11.6 Å². The van der Waals surface area contributed by atoms with Gasteiger partial charge in [0.15, 0.2) is 5.82 Å². The van der Waals surface area contributed by atoms with E-state index in [4.69, 9.17) is 9.47 Å². The number of hydrogen-bond acceptors (Lipinski definition) is 5. The fourth-order valence-electron chi connectivity index (χ4n) is 3.01. The van der Waals surface area contributed by atoms with E-state index in [-0.39, 0.29) is 23.7 Å². The number of aromatic nitrogens is 2. The zero-order valence-electron chi connectivity index (χ0n) is 18.4. The Morgan fingerprint density at radius 1 is 1.25 bits per heavy atom. The van der Waals surface area contributed by atoms with Gasteiger partial charge in [-0.1, -0.05) is 13.3 Å². The summed E-state index contributed by atoms with van der Waals surface area (Å²) >= 11 is 0. The number of rotatable bonds is 9. The van der Waals surface area contributed by atoms with Crippen LogP contribution in [0, 0.1) is 5.82 Å². The van der Waals surface area contributed by atoms with Crippen molar-refractivity contribution in [2.45, 2.75) is 32.7 Å². The average molecular weight is 442 g/mol. The van der Waals surface area contributed by atoms with Crippen molar-refractivity contribution in [1.82, 2.24) is 15.5 Å². The van der Waals surface area contributed by atoms with Gasteiger partial charge in [-0.3, -0.25) is 15.2 Å². The normalized spacial score (nSPS) is 12.6. The van der Waals surface area contributed by atoms with Crippen LogP contribution in [0.15, 0.2) is 47.5 Å².